The summed E-state index contributed by atoms with van der Waals surface area (Å²) < 4.78 is 9.86. The third-order valence-corrected chi connectivity index (χ3v) is 3.01. The number of benzene rings is 1. The smallest absolute Gasteiger partial charge is 0.329 e. The Bertz CT molecular complexity index is 524. The molecule has 1 aromatic carbocycles. The third-order valence-electron chi connectivity index (χ3n) is 3.01. The van der Waals surface area contributed by atoms with Gasteiger partial charge in [0.25, 0.3) is 5.91 Å². The van der Waals surface area contributed by atoms with Crippen molar-refractivity contribution in [1.29, 1.82) is 0 Å². The molecule has 1 aliphatic rings. The fraction of sp³-hybridized carbons (Fsp3) is 0.286. The van der Waals surface area contributed by atoms with Gasteiger partial charge >= 0.3 is 5.97 Å². The molecule has 0 N–H and O–H groups in total. The van der Waals surface area contributed by atoms with Gasteiger partial charge in [-0.15, -0.1) is 0 Å². The number of para-hydroxylation sites is 1. The number of nitrogens with zero attached hydrogens (tertiary/aromatic N) is 1. The molecule has 0 fully saturated rings. The topological polar surface area (TPSA) is 55.8 Å². The molecule has 0 saturated carbocycles. The number of methoxy groups -OCH3 is 2. The van der Waals surface area contributed by atoms with Gasteiger partial charge in [-0.3, -0.25) is 4.79 Å². The maximum atomic E-state index is 12.4. The Morgan fingerprint density at radius 2 is 2.00 bits per heavy atom. The molecule has 0 bridgehead atoms. The van der Waals surface area contributed by atoms with Gasteiger partial charge < -0.3 is 14.4 Å². The zero-order chi connectivity index (χ0) is 13.8. The predicted octanol–water partition coefficient (Wildman–Crippen LogP) is 1.60. The molecule has 0 radical (unpaired) electrons. The zero-order valence-electron chi connectivity index (χ0n) is 10.8. The lowest BCUT2D eigenvalue weighted by Gasteiger charge is -2.22. The molecular weight excluding hydrogens is 246 g/mol. The predicted molar refractivity (Wildman–Crippen MR) is 68.7 cm³/mol. The fourth-order valence-electron chi connectivity index (χ4n) is 2.04. The average molecular weight is 261 g/mol. The molecule has 2 rings (SSSR count). The van der Waals surface area contributed by atoms with Crippen LogP contribution in [0.15, 0.2) is 36.5 Å². The number of rotatable bonds is 3. The van der Waals surface area contributed by atoms with E-state index in [1.807, 2.05) is 0 Å². The molecule has 0 aliphatic carbocycles. The summed E-state index contributed by atoms with van der Waals surface area (Å²) in [5.41, 5.74) is 0.422. The summed E-state index contributed by atoms with van der Waals surface area (Å²) in [7, 11) is 2.82. The summed E-state index contributed by atoms with van der Waals surface area (Å²) in [5.74, 6) is -0.216. The van der Waals surface area contributed by atoms with Crippen LogP contribution in [0.3, 0.4) is 0 Å². The van der Waals surface area contributed by atoms with Crippen LogP contribution in [-0.2, 0) is 9.53 Å². The van der Waals surface area contributed by atoms with Gasteiger partial charge in [-0.1, -0.05) is 18.2 Å². The molecule has 1 aliphatic heterocycles. The first kappa shape index (κ1) is 13.1. The van der Waals surface area contributed by atoms with Gasteiger partial charge in [-0.05, 0) is 18.6 Å². The van der Waals surface area contributed by atoms with E-state index >= 15 is 0 Å². The van der Waals surface area contributed by atoms with E-state index in [0.29, 0.717) is 17.7 Å². The molecule has 1 atom stereocenters. The molecule has 1 unspecified atom stereocenters. The second kappa shape index (κ2) is 5.56. The minimum atomic E-state index is -0.595. The normalized spacial score (nSPS) is 17.4. The van der Waals surface area contributed by atoms with E-state index in [1.165, 1.54) is 19.1 Å². The van der Waals surface area contributed by atoms with Crippen LogP contribution in [0.5, 0.6) is 5.75 Å². The number of carbonyl (C=O) groups is 2. The van der Waals surface area contributed by atoms with Crippen molar-refractivity contribution >= 4 is 11.9 Å². The Morgan fingerprint density at radius 3 is 2.68 bits per heavy atom. The molecule has 1 amide bonds. The number of amides is 1. The van der Waals surface area contributed by atoms with E-state index in [-0.39, 0.29) is 5.91 Å². The van der Waals surface area contributed by atoms with Gasteiger partial charge in [0, 0.05) is 6.20 Å². The summed E-state index contributed by atoms with van der Waals surface area (Å²) in [6.45, 7) is 0. The Labute approximate surface area is 111 Å². The Kier molecular flexibility index (Phi) is 3.85. The van der Waals surface area contributed by atoms with Crippen molar-refractivity contribution in [3.63, 3.8) is 0 Å². The summed E-state index contributed by atoms with van der Waals surface area (Å²) in [6.07, 6.45) is 3.85. The largest absolute Gasteiger partial charge is 0.496 e. The maximum absolute atomic E-state index is 12.4. The number of carbonyl (C=O) groups excluding carboxylic acids is 2. The molecule has 1 aromatic rings. The summed E-state index contributed by atoms with van der Waals surface area (Å²) in [5, 5.41) is 0. The van der Waals surface area contributed by atoms with E-state index in [9.17, 15) is 9.59 Å². The van der Waals surface area contributed by atoms with Crippen LogP contribution in [0.2, 0.25) is 0 Å². The first-order valence-electron chi connectivity index (χ1n) is 5.89. The van der Waals surface area contributed by atoms with Crippen molar-refractivity contribution in [2.75, 3.05) is 14.2 Å². The minimum Gasteiger partial charge on any atom is -0.496 e. The van der Waals surface area contributed by atoms with Crippen molar-refractivity contribution in [2.45, 2.75) is 12.5 Å². The van der Waals surface area contributed by atoms with Gasteiger partial charge in [0.1, 0.15) is 11.8 Å². The average Bonchev–Trinajstić information content (AvgIpc) is 2.95. The summed E-state index contributed by atoms with van der Waals surface area (Å²) in [4.78, 5) is 25.5. The lowest BCUT2D eigenvalue weighted by Crippen LogP contribution is -2.39. The lowest BCUT2D eigenvalue weighted by atomic mass is 10.1. The highest BCUT2D eigenvalue weighted by atomic mass is 16.5. The molecule has 0 spiro atoms. The van der Waals surface area contributed by atoms with E-state index in [2.05, 4.69) is 0 Å². The molecular formula is C14H15NO4. The van der Waals surface area contributed by atoms with Crippen LogP contribution in [-0.4, -0.2) is 37.0 Å². The van der Waals surface area contributed by atoms with Gasteiger partial charge in [0.05, 0.1) is 19.8 Å². The van der Waals surface area contributed by atoms with Crippen molar-refractivity contribution < 1.29 is 19.1 Å². The van der Waals surface area contributed by atoms with E-state index in [1.54, 1.807) is 36.5 Å². The van der Waals surface area contributed by atoms with Crippen LogP contribution in [0.4, 0.5) is 0 Å². The number of esters is 1. The molecule has 19 heavy (non-hydrogen) atoms. The van der Waals surface area contributed by atoms with Gasteiger partial charge in [-0.25, -0.2) is 4.79 Å². The van der Waals surface area contributed by atoms with Crippen molar-refractivity contribution in [3.05, 3.63) is 42.1 Å². The van der Waals surface area contributed by atoms with E-state index in [0.717, 1.165) is 0 Å². The van der Waals surface area contributed by atoms with Gasteiger partial charge in [-0.2, -0.15) is 0 Å². The quantitative estimate of drug-likeness (QED) is 0.775. The zero-order valence-corrected chi connectivity index (χ0v) is 10.8. The fourth-order valence-corrected chi connectivity index (χ4v) is 2.04. The molecule has 0 aromatic heterocycles. The van der Waals surface area contributed by atoms with Crippen LogP contribution >= 0.6 is 0 Å². The second-order valence-electron chi connectivity index (χ2n) is 4.07. The van der Waals surface area contributed by atoms with E-state index in [4.69, 9.17) is 9.47 Å². The first-order chi connectivity index (χ1) is 9.19. The summed E-state index contributed by atoms with van der Waals surface area (Å²) in [6, 6.07) is 6.32. The van der Waals surface area contributed by atoms with Crippen LogP contribution < -0.4 is 4.74 Å². The molecule has 0 saturated heterocycles. The monoisotopic (exact) mass is 261 g/mol. The first-order valence-corrected chi connectivity index (χ1v) is 5.89. The Hall–Kier alpha value is -2.30. The second-order valence-corrected chi connectivity index (χ2v) is 4.07. The van der Waals surface area contributed by atoms with Crippen LogP contribution in [0.1, 0.15) is 16.8 Å². The molecule has 5 heteroatoms. The van der Waals surface area contributed by atoms with Crippen LogP contribution in [0.25, 0.3) is 0 Å². The summed E-state index contributed by atoms with van der Waals surface area (Å²) >= 11 is 0. The lowest BCUT2D eigenvalue weighted by molar-refractivity contribution is -0.144. The molecule has 1 heterocycles. The highest BCUT2D eigenvalue weighted by molar-refractivity contribution is 6.00. The van der Waals surface area contributed by atoms with Crippen LogP contribution in [0, 0.1) is 0 Å². The highest BCUT2D eigenvalue weighted by Gasteiger charge is 2.33. The molecule has 100 valence electrons. The van der Waals surface area contributed by atoms with Gasteiger partial charge in [0.2, 0.25) is 0 Å². The molecule has 5 nitrogen and oxygen atoms in total. The minimum absolute atomic E-state index is 0.276. The third kappa shape index (κ3) is 2.45. The number of ether oxygens (including phenoxy) is 2. The maximum Gasteiger partial charge on any atom is 0.329 e. The SMILES string of the molecule is COC(=O)C1CC=CN1C(=O)c1ccccc1OC. The standard InChI is InChI=1S/C14H15NO4/c1-18-12-8-4-3-6-10(12)13(16)15-9-5-7-11(15)14(17)19-2/h3-6,8-9,11H,7H2,1-2H3. The highest BCUT2D eigenvalue weighted by Crippen LogP contribution is 2.24. The number of hydrogen-bond donors (Lipinski definition) is 0. The Balaban J connectivity index is 2.28. The van der Waals surface area contributed by atoms with Crippen molar-refractivity contribution in [2.24, 2.45) is 0 Å². The van der Waals surface area contributed by atoms with E-state index < -0.39 is 12.0 Å². The van der Waals surface area contributed by atoms with Gasteiger partial charge in [0.15, 0.2) is 0 Å². The number of hydrogen-bond acceptors (Lipinski definition) is 4. The van der Waals surface area contributed by atoms with Crippen molar-refractivity contribution in [1.82, 2.24) is 4.90 Å². The Morgan fingerprint density at radius 1 is 1.26 bits per heavy atom. The van der Waals surface area contributed by atoms with Crippen molar-refractivity contribution in [3.8, 4) is 5.75 Å².